The summed E-state index contributed by atoms with van der Waals surface area (Å²) in [5.41, 5.74) is 13.6. The van der Waals surface area contributed by atoms with Crippen molar-refractivity contribution in [3.8, 4) is 16.8 Å². The fourth-order valence-electron chi connectivity index (χ4n) is 9.65. The van der Waals surface area contributed by atoms with Crippen LogP contribution in [0.5, 0.6) is 0 Å². The van der Waals surface area contributed by atoms with Crippen LogP contribution in [0.25, 0.3) is 82.1 Å². The van der Waals surface area contributed by atoms with E-state index in [1.165, 1.54) is 43.4 Å². The van der Waals surface area contributed by atoms with Gasteiger partial charge in [-0.15, -0.1) is 0 Å². The smallest absolute Gasteiger partial charge is 0.159 e. The Labute approximate surface area is 346 Å². The van der Waals surface area contributed by atoms with Crippen LogP contribution in [0.1, 0.15) is 0 Å². The molecule has 0 saturated heterocycles. The van der Waals surface area contributed by atoms with Crippen molar-refractivity contribution < 1.29 is 4.42 Å². The maximum Gasteiger partial charge on any atom is 0.159 e. The van der Waals surface area contributed by atoms with Crippen molar-refractivity contribution in [3.63, 3.8) is 0 Å². The first-order valence-corrected chi connectivity index (χ1v) is 20.5. The van der Waals surface area contributed by atoms with E-state index >= 15 is 0 Å². The minimum absolute atomic E-state index is 0.856. The molecule has 0 aliphatic carbocycles. The van der Waals surface area contributed by atoms with Crippen LogP contribution in [-0.4, -0.2) is 4.57 Å². The first-order valence-electron chi connectivity index (χ1n) is 20.5. The highest BCUT2D eigenvalue weighted by atomic mass is 16.3. The van der Waals surface area contributed by atoms with Gasteiger partial charge in [0.05, 0.1) is 22.4 Å². The highest BCUT2D eigenvalue weighted by Gasteiger charge is 2.27. The Morgan fingerprint density at radius 1 is 0.283 bits per heavy atom. The third-order valence-corrected chi connectivity index (χ3v) is 12.4. The molecule has 1 aliphatic rings. The summed E-state index contributed by atoms with van der Waals surface area (Å²) in [6, 6.07) is 77.2. The van der Waals surface area contributed by atoms with Gasteiger partial charge in [-0.2, -0.15) is 0 Å². The van der Waals surface area contributed by atoms with Gasteiger partial charge < -0.3 is 18.8 Å². The number of nitrogens with zero attached hydrogens (tertiary/aromatic N) is 3. The topological polar surface area (TPSA) is 24.6 Å². The second-order valence-electron chi connectivity index (χ2n) is 15.8. The Kier molecular flexibility index (Phi) is 6.98. The summed E-state index contributed by atoms with van der Waals surface area (Å²) in [5, 5.41) is 9.40. The van der Waals surface area contributed by atoms with E-state index < -0.39 is 0 Å². The Morgan fingerprint density at radius 3 is 1.45 bits per heavy atom. The van der Waals surface area contributed by atoms with E-state index in [9.17, 15) is 0 Å². The van der Waals surface area contributed by atoms with Gasteiger partial charge in [-0.3, -0.25) is 0 Å². The van der Waals surface area contributed by atoms with Gasteiger partial charge in [0.1, 0.15) is 0 Å². The van der Waals surface area contributed by atoms with E-state index in [0.717, 1.165) is 72.9 Å². The summed E-state index contributed by atoms with van der Waals surface area (Å²) < 4.78 is 9.52. The Morgan fingerprint density at radius 2 is 0.817 bits per heavy atom. The molecule has 0 amide bonds. The fraction of sp³-hybridized carbons (Fsp3) is 0. The van der Waals surface area contributed by atoms with Gasteiger partial charge in [0.25, 0.3) is 0 Å². The maximum atomic E-state index is 7.12. The van der Waals surface area contributed by atoms with Crippen molar-refractivity contribution in [2.45, 2.75) is 0 Å². The Hall–Kier alpha value is -8.08. The molecule has 0 fully saturated rings. The largest absolute Gasteiger partial charge is 0.452 e. The van der Waals surface area contributed by atoms with E-state index in [2.05, 4.69) is 227 Å². The predicted octanol–water partition coefficient (Wildman–Crippen LogP) is 15.9. The zero-order chi connectivity index (χ0) is 39.3. The number of anilines is 6. The molecule has 4 bridgehead atoms. The molecule has 280 valence electrons. The standard InChI is InChI=1S/C56H35N3O/c1-2-16-42(17-3-1)59-51-21-9-8-18-47(51)48-29-26-40(34-54(48)59)41-32-45-35-46(33-41)58(44-28-25-37-13-5-7-15-39(37)31-44)53-23-11-20-50-49-19-10-22-52(55(49)60-56(50)53)57(45)43-27-24-36-12-4-6-14-38(36)30-43/h1-35H. The second-order valence-corrected chi connectivity index (χ2v) is 15.8. The number of rotatable bonds is 4. The molecular weight excluding hydrogens is 731 g/mol. The number of hydrogen-bond acceptors (Lipinski definition) is 3. The quantitative estimate of drug-likeness (QED) is 0.178. The van der Waals surface area contributed by atoms with Crippen LogP contribution >= 0.6 is 0 Å². The molecule has 60 heavy (non-hydrogen) atoms. The van der Waals surface area contributed by atoms with Gasteiger partial charge in [0.15, 0.2) is 11.2 Å². The van der Waals surface area contributed by atoms with Crippen molar-refractivity contribution >= 4 is 99.4 Å². The third kappa shape index (κ3) is 4.91. The molecule has 12 aromatic rings. The van der Waals surface area contributed by atoms with Gasteiger partial charge in [-0.1, -0.05) is 133 Å². The first-order chi connectivity index (χ1) is 29.7. The molecule has 1 aliphatic heterocycles. The molecule has 13 rings (SSSR count). The van der Waals surface area contributed by atoms with Crippen molar-refractivity contribution in [2.75, 3.05) is 9.80 Å². The highest BCUT2D eigenvalue weighted by molar-refractivity contribution is 6.15. The van der Waals surface area contributed by atoms with E-state index in [-0.39, 0.29) is 0 Å². The van der Waals surface area contributed by atoms with Crippen LogP contribution in [0.4, 0.5) is 34.1 Å². The molecule has 0 radical (unpaired) electrons. The van der Waals surface area contributed by atoms with Crippen molar-refractivity contribution in [3.05, 3.63) is 212 Å². The van der Waals surface area contributed by atoms with Gasteiger partial charge >= 0.3 is 0 Å². The second kappa shape index (κ2) is 12.7. The highest BCUT2D eigenvalue weighted by Crippen LogP contribution is 2.51. The molecule has 4 nitrogen and oxygen atoms in total. The van der Waals surface area contributed by atoms with Crippen LogP contribution in [-0.2, 0) is 0 Å². The van der Waals surface area contributed by atoms with E-state index in [0.29, 0.717) is 0 Å². The van der Waals surface area contributed by atoms with Crippen LogP contribution in [0.3, 0.4) is 0 Å². The molecule has 0 spiro atoms. The maximum absolute atomic E-state index is 7.12. The lowest BCUT2D eigenvalue weighted by Gasteiger charge is -2.31. The van der Waals surface area contributed by atoms with Crippen LogP contribution in [0.2, 0.25) is 0 Å². The van der Waals surface area contributed by atoms with Crippen molar-refractivity contribution in [1.29, 1.82) is 0 Å². The van der Waals surface area contributed by atoms with Crippen molar-refractivity contribution in [2.24, 2.45) is 0 Å². The molecule has 0 N–H and O–H groups in total. The molecule has 10 aromatic carbocycles. The van der Waals surface area contributed by atoms with Gasteiger partial charge in [-0.05, 0) is 112 Å². The monoisotopic (exact) mass is 765 g/mol. The predicted molar refractivity (Wildman–Crippen MR) is 251 cm³/mol. The fourth-order valence-corrected chi connectivity index (χ4v) is 9.65. The number of hydrogen-bond donors (Lipinski definition) is 0. The summed E-state index contributed by atoms with van der Waals surface area (Å²) in [7, 11) is 0. The summed E-state index contributed by atoms with van der Waals surface area (Å²) >= 11 is 0. The van der Waals surface area contributed by atoms with Crippen molar-refractivity contribution in [1.82, 2.24) is 4.57 Å². The Balaban J connectivity index is 1.14. The molecule has 2 aromatic heterocycles. The summed E-state index contributed by atoms with van der Waals surface area (Å²) in [4.78, 5) is 4.76. The number of fused-ring (bicyclic) bond motifs is 8. The van der Waals surface area contributed by atoms with Gasteiger partial charge in [-0.25, -0.2) is 0 Å². The minimum Gasteiger partial charge on any atom is -0.452 e. The van der Waals surface area contributed by atoms with E-state index in [4.69, 9.17) is 4.42 Å². The zero-order valence-corrected chi connectivity index (χ0v) is 32.5. The lowest BCUT2D eigenvalue weighted by Crippen LogP contribution is -2.14. The average molecular weight is 766 g/mol. The van der Waals surface area contributed by atoms with Crippen LogP contribution < -0.4 is 9.80 Å². The molecular formula is C56H35N3O. The van der Waals surface area contributed by atoms with Gasteiger partial charge in [0, 0.05) is 50.0 Å². The molecule has 0 unspecified atom stereocenters. The average Bonchev–Trinajstić information content (AvgIpc) is 3.86. The SMILES string of the molecule is c1ccc(-n2c3ccccc3c3ccc(-c4cc5cc(c4)N(c4ccc6ccccc6c4)c4cccc6c4oc4c(cccc46)N5c4ccc5ccccc5c4)cc32)cc1. The van der Waals surface area contributed by atoms with Crippen LogP contribution in [0, 0.1) is 0 Å². The number of furan rings is 1. The first kappa shape index (κ1) is 32.9. The lowest BCUT2D eigenvalue weighted by atomic mass is 10.00. The third-order valence-electron chi connectivity index (χ3n) is 12.4. The zero-order valence-electron chi connectivity index (χ0n) is 32.5. The van der Waals surface area contributed by atoms with E-state index in [1.807, 2.05) is 0 Å². The summed E-state index contributed by atoms with van der Waals surface area (Å²) in [5.74, 6) is 0. The summed E-state index contributed by atoms with van der Waals surface area (Å²) in [6.45, 7) is 0. The molecule has 0 atom stereocenters. The number of para-hydroxylation sites is 4. The Bertz CT molecular complexity index is 3530. The molecule has 4 heteroatoms. The normalized spacial score (nSPS) is 12.6. The van der Waals surface area contributed by atoms with Crippen LogP contribution in [0.15, 0.2) is 217 Å². The summed E-state index contributed by atoms with van der Waals surface area (Å²) in [6.07, 6.45) is 0. The lowest BCUT2D eigenvalue weighted by molar-refractivity contribution is 0.669. The molecule has 3 heterocycles. The van der Waals surface area contributed by atoms with Gasteiger partial charge in [0.2, 0.25) is 0 Å². The number of aromatic nitrogens is 1. The molecule has 0 saturated carbocycles. The van der Waals surface area contributed by atoms with E-state index in [1.54, 1.807) is 0 Å². The number of benzene rings is 10. The minimum atomic E-state index is 0.856.